The first-order valence-electron chi connectivity index (χ1n) is 11.2. The van der Waals surface area contributed by atoms with Crippen LogP contribution in [0.1, 0.15) is 82.1 Å². The molecule has 0 aromatic carbocycles. The zero-order valence-electron chi connectivity index (χ0n) is 21.6. The minimum Gasteiger partial charge on any atom is -0.480 e. The second kappa shape index (κ2) is 10.5. The Morgan fingerprint density at radius 3 is 1.66 bits per heavy atom. The van der Waals surface area contributed by atoms with Gasteiger partial charge in [0.15, 0.2) is 0 Å². The number of amides is 2. The van der Waals surface area contributed by atoms with Gasteiger partial charge >= 0.3 is 5.97 Å². The van der Waals surface area contributed by atoms with Gasteiger partial charge in [0.05, 0.1) is 6.04 Å². The van der Waals surface area contributed by atoms with Crippen LogP contribution >= 0.6 is 0 Å². The van der Waals surface area contributed by atoms with Crippen LogP contribution in [0.3, 0.4) is 0 Å². The van der Waals surface area contributed by atoms with E-state index in [1.807, 2.05) is 13.8 Å². The molecule has 188 valence electrons. The second-order valence-corrected chi connectivity index (χ2v) is 12.1. The van der Waals surface area contributed by atoms with E-state index < -0.39 is 46.0 Å². The Morgan fingerprint density at radius 2 is 1.31 bits per heavy atom. The Kier molecular flexibility index (Phi) is 9.92. The first-order chi connectivity index (χ1) is 14.0. The van der Waals surface area contributed by atoms with E-state index in [0.717, 1.165) is 0 Å². The highest BCUT2D eigenvalue weighted by Gasteiger charge is 2.42. The van der Waals surface area contributed by atoms with Crippen molar-refractivity contribution in [3.63, 3.8) is 0 Å². The fraction of sp³-hybridized carbons (Fsp3) is 0.870. The summed E-state index contributed by atoms with van der Waals surface area (Å²) in [6.45, 7) is 18.0. The predicted molar refractivity (Wildman–Crippen MR) is 128 cm³/mol. The molecule has 0 aliphatic rings. The molecular formula is C23H47N5O4. The molecule has 0 heterocycles. The fourth-order valence-corrected chi connectivity index (χ4v) is 4.29. The Morgan fingerprint density at radius 1 is 0.875 bits per heavy atom. The molecule has 9 heteroatoms. The van der Waals surface area contributed by atoms with Crippen LogP contribution < -0.4 is 27.8 Å². The molecule has 0 aliphatic heterocycles. The molecule has 0 aromatic heterocycles. The number of hydrogen-bond acceptors (Lipinski definition) is 6. The van der Waals surface area contributed by atoms with E-state index in [0.29, 0.717) is 6.42 Å². The van der Waals surface area contributed by atoms with Crippen molar-refractivity contribution in [1.29, 1.82) is 0 Å². The van der Waals surface area contributed by atoms with Gasteiger partial charge < -0.3 is 32.9 Å². The summed E-state index contributed by atoms with van der Waals surface area (Å²) in [6.07, 6.45) is 0.651. The molecule has 0 saturated heterocycles. The number of carboxylic acid groups (broad SMARTS) is 1. The number of nitrogens with one attached hydrogen (secondary N) is 2. The topological polar surface area (TPSA) is 174 Å². The van der Waals surface area contributed by atoms with Crippen LogP contribution in [0.25, 0.3) is 0 Å². The van der Waals surface area contributed by atoms with E-state index >= 15 is 0 Å². The van der Waals surface area contributed by atoms with E-state index in [4.69, 9.17) is 17.2 Å². The molecule has 0 fully saturated rings. The van der Waals surface area contributed by atoms with Gasteiger partial charge in [-0.05, 0) is 51.9 Å². The average Bonchev–Trinajstić information content (AvgIpc) is 2.54. The molecule has 0 aromatic rings. The monoisotopic (exact) mass is 457 g/mol. The van der Waals surface area contributed by atoms with Crippen LogP contribution in [0, 0.1) is 16.7 Å². The van der Waals surface area contributed by atoms with E-state index in [-0.39, 0.29) is 24.2 Å². The van der Waals surface area contributed by atoms with Crippen molar-refractivity contribution in [3.8, 4) is 0 Å². The van der Waals surface area contributed by atoms with Crippen molar-refractivity contribution >= 4 is 17.8 Å². The predicted octanol–water partition coefficient (Wildman–Crippen LogP) is 1.33. The zero-order chi connectivity index (χ0) is 25.9. The standard InChI is InChI=1S/C23H47N5O4/c1-13(2)11-14(16(29)28-18(22(7,8)25)23(9,10)26)27-19(32)21(5,6)12-20(3,4)15(24)17(30)31/h13-15,18H,11-12,24-26H2,1-10H3,(H,27,32)(H,28,29)(H,30,31). The SMILES string of the molecule is CC(C)CC(NC(=O)C(C)(C)CC(C)(C)C(N)C(=O)O)C(=O)NC(C(C)(C)N)C(C)(C)N. The summed E-state index contributed by atoms with van der Waals surface area (Å²) >= 11 is 0. The molecule has 32 heavy (non-hydrogen) atoms. The van der Waals surface area contributed by atoms with Crippen molar-refractivity contribution in [3.05, 3.63) is 0 Å². The van der Waals surface area contributed by atoms with E-state index in [2.05, 4.69) is 10.6 Å². The average molecular weight is 458 g/mol. The largest absolute Gasteiger partial charge is 0.480 e. The van der Waals surface area contributed by atoms with Crippen molar-refractivity contribution < 1.29 is 19.5 Å². The summed E-state index contributed by atoms with van der Waals surface area (Å²) in [6, 6.07) is -2.44. The number of carbonyl (C=O) groups is 3. The maximum atomic E-state index is 13.2. The highest BCUT2D eigenvalue weighted by Crippen LogP contribution is 2.36. The van der Waals surface area contributed by atoms with E-state index in [1.54, 1.807) is 55.4 Å². The molecule has 2 unspecified atom stereocenters. The smallest absolute Gasteiger partial charge is 0.321 e. The number of nitrogens with two attached hydrogens (primary N) is 3. The lowest BCUT2D eigenvalue weighted by molar-refractivity contribution is -0.143. The molecule has 0 bridgehead atoms. The quantitative estimate of drug-likeness (QED) is 0.256. The molecule has 9 nitrogen and oxygen atoms in total. The minimum atomic E-state index is -1.12. The van der Waals surface area contributed by atoms with Crippen molar-refractivity contribution in [1.82, 2.24) is 10.6 Å². The normalized spacial score (nSPS) is 15.5. The third-order valence-electron chi connectivity index (χ3n) is 5.72. The summed E-state index contributed by atoms with van der Waals surface area (Å²) in [7, 11) is 0. The van der Waals surface area contributed by atoms with E-state index in [9.17, 15) is 19.5 Å². The number of hydrogen-bond donors (Lipinski definition) is 6. The molecule has 0 rings (SSSR count). The molecular weight excluding hydrogens is 410 g/mol. The van der Waals surface area contributed by atoms with Gasteiger partial charge in [0.25, 0.3) is 0 Å². The van der Waals surface area contributed by atoms with Gasteiger partial charge in [-0.1, -0.05) is 41.5 Å². The van der Waals surface area contributed by atoms with Crippen LogP contribution in [0.2, 0.25) is 0 Å². The van der Waals surface area contributed by atoms with Gasteiger partial charge in [0, 0.05) is 16.5 Å². The fourth-order valence-electron chi connectivity index (χ4n) is 4.29. The van der Waals surface area contributed by atoms with Gasteiger partial charge in [-0.2, -0.15) is 0 Å². The number of aliphatic carboxylic acids is 1. The Bertz CT molecular complexity index is 661. The maximum absolute atomic E-state index is 13.2. The molecule has 0 aliphatic carbocycles. The molecule has 9 N–H and O–H groups in total. The minimum absolute atomic E-state index is 0.140. The van der Waals surface area contributed by atoms with Gasteiger partial charge in [-0.25, -0.2) is 0 Å². The molecule has 0 spiro atoms. The zero-order valence-corrected chi connectivity index (χ0v) is 21.6. The van der Waals surface area contributed by atoms with Crippen LogP contribution in [-0.4, -0.2) is 52.1 Å². The van der Waals surface area contributed by atoms with Gasteiger partial charge in [-0.3, -0.25) is 14.4 Å². The van der Waals surface area contributed by atoms with Gasteiger partial charge in [-0.15, -0.1) is 0 Å². The van der Waals surface area contributed by atoms with Crippen molar-refractivity contribution in [2.45, 2.75) is 111 Å². The van der Waals surface area contributed by atoms with Crippen LogP contribution in [-0.2, 0) is 14.4 Å². The lowest BCUT2D eigenvalue weighted by Gasteiger charge is -2.41. The van der Waals surface area contributed by atoms with Crippen LogP contribution in [0.5, 0.6) is 0 Å². The highest BCUT2D eigenvalue weighted by molar-refractivity contribution is 5.90. The third-order valence-corrected chi connectivity index (χ3v) is 5.72. The lowest BCUT2D eigenvalue weighted by atomic mass is 9.70. The molecule has 0 saturated carbocycles. The lowest BCUT2D eigenvalue weighted by Crippen LogP contribution is -2.68. The van der Waals surface area contributed by atoms with E-state index in [1.165, 1.54) is 0 Å². The number of carboxylic acids is 1. The Balaban J connectivity index is 5.69. The maximum Gasteiger partial charge on any atom is 0.321 e. The van der Waals surface area contributed by atoms with Crippen LogP contribution in [0.4, 0.5) is 0 Å². The highest BCUT2D eigenvalue weighted by atomic mass is 16.4. The Hall–Kier alpha value is -1.71. The summed E-state index contributed by atoms with van der Waals surface area (Å²) in [5, 5.41) is 15.1. The summed E-state index contributed by atoms with van der Waals surface area (Å²) in [4.78, 5) is 37.7. The summed E-state index contributed by atoms with van der Waals surface area (Å²) in [5.41, 5.74) is 15.0. The second-order valence-electron chi connectivity index (χ2n) is 12.1. The molecule has 2 atom stereocenters. The number of rotatable bonds is 12. The van der Waals surface area contributed by atoms with Crippen molar-refractivity contribution in [2.75, 3.05) is 0 Å². The first kappa shape index (κ1) is 30.3. The summed E-state index contributed by atoms with van der Waals surface area (Å²) in [5.74, 6) is -1.68. The molecule has 2 amide bonds. The Labute approximate surface area is 193 Å². The summed E-state index contributed by atoms with van der Waals surface area (Å²) < 4.78 is 0. The number of carbonyl (C=O) groups excluding carboxylic acids is 2. The van der Waals surface area contributed by atoms with Crippen LogP contribution in [0.15, 0.2) is 0 Å². The molecule has 0 radical (unpaired) electrons. The van der Waals surface area contributed by atoms with Gasteiger partial charge in [0.2, 0.25) is 11.8 Å². The van der Waals surface area contributed by atoms with Crippen molar-refractivity contribution in [2.24, 2.45) is 33.9 Å². The third kappa shape index (κ3) is 9.03. The van der Waals surface area contributed by atoms with Gasteiger partial charge in [0.1, 0.15) is 12.1 Å². The first-order valence-corrected chi connectivity index (χ1v) is 11.2.